The molecule has 0 unspecified atom stereocenters. The second kappa shape index (κ2) is 12.9. The van der Waals surface area contributed by atoms with Crippen molar-refractivity contribution in [1.82, 2.24) is 14.9 Å². The number of nitrogens with zero attached hydrogens (tertiary/aromatic N) is 3. The number of carbonyl (C=O) groups excluding carboxylic acids is 2. The molecule has 0 aliphatic heterocycles. The zero-order chi connectivity index (χ0) is 31.3. The molecule has 0 bridgehead atoms. The van der Waals surface area contributed by atoms with Crippen molar-refractivity contribution in [3.05, 3.63) is 114 Å². The Bertz CT molecular complexity index is 1790. The Labute approximate surface area is 252 Å². The van der Waals surface area contributed by atoms with Gasteiger partial charge < -0.3 is 15.5 Å². The van der Waals surface area contributed by atoms with Gasteiger partial charge in [0, 0.05) is 46.5 Å². The summed E-state index contributed by atoms with van der Waals surface area (Å²) in [5.74, 6) is -0.524. The third-order valence-corrected chi connectivity index (χ3v) is 7.12. The average molecular weight is 598 g/mol. The third-order valence-electron chi connectivity index (χ3n) is 7.12. The van der Waals surface area contributed by atoms with Crippen molar-refractivity contribution in [1.29, 1.82) is 0 Å². The fraction of sp³-hybridized carbons (Fsp3) is 0.176. The lowest BCUT2D eigenvalue weighted by atomic mass is 10.1. The van der Waals surface area contributed by atoms with Gasteiger partial charge in [-0.15, -0.1) is 0 Å². The molecule has 1 heterocycles. The lowest BCUT2D eigenvalue weighted by Crippen LogP contribution is -2.34. The number of aryl methyl sites for hydroxylation is 1. The fourth-order valence-electron chi connectivity index (χ4n) is 4.71. The van der Waals surface area contributed by atoms with Crippen molar-refractivity contribution in [2.45, 2.75) is 26.4 Å². The maximum Gasteiger partial charge on any atom is 0.390 e. The van der Waals surface area contributed by atoms with Gasteiger partial charge in [0.2, 0.25) is 5.95 Å². The van der Waals surface area contributed by atoms with Gasteiger partial charge in [-0.1, -0.05) is 54.6 Å². The van der Waals surface area contributed by atoms with E-state index in [0.29, 0.717) is 28.5 Å². The molecule has 0 saturated carbocycles. The Balaban J connectivity index is 1.30. The zero-order valence-electron chi connectivity index (χ0n) is 24.2. The first-order valence-electron chi connectivity index (χ1n) is 14.1. The van der Waals surface area contributed by atoms with E-state index in [0.717, 1.165) is 27.1 Å². The standard InChI is InChI=1S/C34H30F3N5O2/c1-3-42(20-19-34(35,36)37)32(44)25-14-13-22(2)29(21-25)39-31(43)24-15-17-26(18-16-24)38-33-40-28-12-8-7-11-27(28)30(41-33)23-9-5-4-6-10-23/h4-18,21H,3,19-20H2,1-2H3,(H,39,43)(H,38,40,41). The van der Waals surface area contributed by atoms with Crippen molar-refractivity contribution in [3.63, 3.8) is 0 Å². The monoisotopic (exact) mass is 597 g/mol. The first-order valence-corrected chi connectivity index (χ1v) is 14.1. The van der Waals surface area contributed by atoms with Crippen LogP contribution in [-0.4, -0.2) is 45.9 Å². The molecule has 5 aromatic rings. The number of anilines is 3. The molecule has 2 amide bonds. The van der Waals surface area contributed by atoms with Crippen LogP contribution in [0.1, 0.15) is 39.6 Å². The number of fused-ring (bicyclic) bond motifs is 1. The highest BCUT2D eigenvalue weighted by Crippen LogP contribution is 2.28. The summed E-state index contributed by atoms with van der Waals surface area (Å²) in [5.41, 5.74) is 4.90. The number of nitrogens with one attached hydrogen (secondary N) is 2. The lowest BCUT2D eigenvalue weighted by molar-refractivity contribution is -0.136. The van der Waals surface area contributed by atoms with Crippen LogP contribution in [0.25, 0.3) is 22.2 Å². The van der Waals surface area contributed by atoms with Crippen LogP contribution in [0.5, 0.6) is 0 Å². The molecule has 2 N–H and O–H groups in total. The van der Waals surface area contributed by atoms with Crippen LogP contribution in [0, 0.1) is 6.92 Å². The molecule has 0 atom stereocenters. The summed E-state index contributed by atoms with van der Waals surface area (Å²) in [6.07, 6.45) is -5.45. The normalized spacial score (nSPS) is 11.3. The van der Waals surface area contributed by atoms with Crippen LogP contribution in [0.3, 0.4) is 0 Å². The summed E-state index contributed by atoms with van der Waals surface area (Å²) in [4.78, 5) is 36.6. The molecule has 0 radical (unpaired) electrons. The van der Waals surface area contributed by atoms with Gasteiger partial charge in [0.1, 0.15) is 0 Å². The second-order valence-electron chi connectivity index (χ2n) is 10.2. The first kappa shape index (κ1) is 30.2. The number of hydrogen-bond donors (Lipinski definition) is 2. The lowest BCUT2D eigenvalue weighted by Gasteiger charge is -2.22. The molecule has 224 valence electrons. The predicted molar refractivity (Wildman–Crippen MR) is 166 cm³/mol. The molecule has 10 heteroatoms. The maximum absolute atomic E-state index is 13.1. The summed E-state index contributed by atoms with van der Waals surface area (Å²) in [6.45, 7) is 3.08. The summed E-state index contributed by atoms with van der Waals surface area (Å²) in [7, 11) is 0. The van der Waals surface area contributed by atoms with Gasteiger partial charge in [-0.25, -0.2) is 9.97 Å². The minimum Gasteiger partial charge on any atom is -0.339 e. The molecule has 44 heavy (non-hydrogen) atoms. The van der Waals surface area contributed by atoms with E-state index in [1.807, 2.05) is 54.6 Å². The van der Waals surface area contributed by atoms with Gasteiger partial charge in [0.05, 0.1) is 17.6 Å². The second-order valence-corrected chi connectivity index (χ2v) is 10.2. The number of amides is 2. The SMILES string of the molecule is CCN(CCC(F)(F)F)C(=O)c1ccc(C)c(NC(=O)c2ccc(Nc3nc(-c4ccccc4)c4ccccc4n3)cc2)c1. The third kappa shape index (κ3) is 7.20. The van der Waals surface area contributed by atoms with Crippen molar-refractivity contribution < 1.29 is 22.8 Å². The number of carbonyl (C=O) groups is 2. The quantitative estimate of drug-likeness (QED) is 0.180. The van der Waals surface area contributed by atoms with E-state index in [-0.39, 0.29) is 12.1 Å². The average Bonchev–Trinajstić information content (AvgIpc) is 3.02. The largest absolute Gasteiger partial charge is 0.390 e. The molecule has 0 aliphatic rings. The number of benzene rings is 4. The van der Waals surface area contributed by atoms with Gasteiger partial charge in [-0.2, -0.15) is 13.2 Å². The van der Waals surface area contributed by atoms with Crippen molar-refractivity contribution >= 4 is 40.0 Å². The molecule has 0 spiro atoms. The summed E-state index contributed by atoms with van der Waals surface area (Å²) in [5, 5.41) is 6.97. The predicted octanol–water partition coefficient (Wildman–Crippen LogP) is 8.02. The molecular weight excluding hydrogens is 567 g/mol. The van der Waals surface area contributed by atoms with E-state index in [4.69, 9.17) is 4.98 Å². The van der Waals surface area contributed by atoms with E-state index in [1.165, 1.54) is 6.07 Å². The van der Waals surface area contributed by atoms with Crippen LogP contribution >= 0.6 is 0 Å². The molecule has 0 aliphatic carbocycles. The van der Waals surface area contributed by atoms with Crippen LogP contribution in [0.4, 0.5) is 30.5 Å². The number of halogens is 3. The highest BCUT2D eigenvalue weighted by Gasteiger charge is 2.29. The Hall–Kier alpha value is -5.25. The number of hydrogen-bond acceptors (Lipinski definition) is 5. The maximum atomic E-state index is 13.1. The van der Waals surface area contributed by atoms with E-state index in [1.54, 1.807) is 50.2 Å². The van der Waals surface area contributed by atoms with Crippen LogP contribution in [0.2, 0.25) is 0 Å². The Kier molecular flexibility index (Phi) is 8.89. The summed E-state index contributed by atoms with van der Waals surface area (Å²) in [6, 6.07) is 29.1. The smallest absolute Gasteiger partial charge is 0.339 e. The topological polar surface area (TPSA) is 87.2 Å². The van der Waals surface area contributed by atoms with Crippen molar-refractivity contribution in [2.24, 2.45) is 0 Å². The summed E-state index contributed by atoms with van der Waals surface area (Å²) < 4.78 is 38.1. The van der Waals surface area contributed by atoms with E-state index in [2.05, 4.69) is 15.6 Å². The van der Waals surface area contributed by atoms with Crippen molar-refractivity contribution in [3.8, 4) is 11.3 Å². The highest BCUT2D eigenvalue weighted by atomic mass is 19.4. The molecule has 4 aromatic carbocycles. The van der Waals surface area contributed by atoms with Gasteiger partial charge in [-0.05, 0) is 61.9 Å². The van der Waals surface area contributed by atoms with Crippen LogP contribution < -0.4 is 10.6 Å². The summed E-state index contributed by atoms with van der Waals surface area (Å²) >= 11 is 0. The molecular formula is C34H30F3N5O2. The van der Waals surface area contributed by atoms with Crippen LogP contribution in [0.15, 0.2) is 97.1 Å². The van der Waals surface area contributed by atoms with E-state index in [9.17, 15) is 22.8 Å². The molecule has 5 rings (SSSR count). The van der Waals surface area contributed by atoms with E-state index >= 15 is 0 Å². The minimum absolute atomic E-state index is 0.128. The first-order chi connectivity index (χ1) is 21.1. The number of alkyl halides is 3. The Morgan fingerprint density at radius 3 is 2.23 bits per heavy atom. The molecule has 0 fully saturated rings. The van der Waals surface area contributed by atoms with Crippen molar-refractivity contribution in [2.75, 3.05) is 23.7 Å². The number of aromatic nitrogens is 2. The molecule has 0 saturated heterocycles. The Morgan fingerprint density at radius 2 is 1.52 bits per heavy atom. The Morgan fingerprint density at radius 1 is 0.841 bits per heavy atom. The van der Waals surface area contributed by atoms with Gasteiger partial charge in [0.25, 0.3) is 11.8 Å². The zero-order valence-corrected chi connectivity index (χ0v) is 24.2. The fourth-order valence-corrected chi connectivity index (χ4v) is 4.71. The molecule has 1 aromatic heterocycles. The highest BCUT2D eigenvalue weighted by molar-refractivity contribution is 6.06. The number of rotatable bonds is 9. The molecule has 7 nitrogen and oxygen atoms in total. The minimum atomic E-state index is -4.36. The van der Waals surface area contributed by atoms with E-state index < -0.39 is 31.0 Å². The van der Waals surface area contributed by atoms with Gasteiger partial charge >= 0.3 is 6.18 Å². The van der Waals surface area contributed by atoms with Gasteiger partial charge in [0.15, 0.2) is 0 Å². The van der Waals surface area contributed by atoms with Crippen LogP contribution in [-0.2, 0) is 0 Å². The van der Waals surface area contributed by atoms with Gasteiger partial charge in [-0.3, -0.25) is 9.59 Å². The number of para-hydroxylation sites is 1.